The predicted molar refractivity (Wildman–Crippen MR) is 127 cm³/mol. The van der Waals surface area contributed by atoms with E-state index in [0.717, 1.165) is 17.9 Å². The number of likely N-dealkylation sites (N-methyl/N-ethyl adjacent to an activating group) is 1. The van der Waals surface area contributed by atoms with E-state index in [0.29, 0.717) is 54.6 Å². The Morgan fingerprint density at radius 1 is 1.30 bits per heavy atom. The van der Waals surface area contributed by atoms with E-state index in [2.05, 4.69) is 15.7 Å². The molecule has 2 N–H and O–H groups in total. The number of halogens is 1. The van der Waals surface area contributed by atoms with Gasteiger partial charge in [0.25, 0.3) is 5.91 Å². The maximum Gasteiger partial charge on any atom is 0.261 e. The van der Waals surface area contributed by atoms with Crippen LogP contribution in [0.15, 0.2) is 36.5 Å². The lowest BCUT2D eigenvalue weighted by Gasteiger charge is -2.15. The Labute approximate surface area is 197 Å². The summed E-state index contributed by atoms with van der Waals surface area (Å²) in [5.74, 6) is 0.482. The van der Waals surface area contributed by atoms with Crippen molar-refractivity contribution in [3.05, 3.63) is 52.8 Å². The maximum absolute atomic E-state index is 13.0. The number of hydrogen-bond acceptors (Lipinski definition) is 6. The number of fused-ring (bicyclic) bond motifs is 1. The zero-order chi connectivity index (χ0) is 23.4. The summed E-state index contributed by atoms with van der Waals surface area (Å²) in [5, 5.41) is 11.2. The molecule has 0 bridgehead atoms. The third-order valence-corrected chi connectivity index (χ3v) is 5.94. The van der Waals surface area contributed by atoms with E-state index in [-0.39, 0.29) is 17.7 Å². The van der Waals surface area contributed by atoms with Gasteiger partial charge in [-0.25, -0.2) is 4.98 Å². The number of amides is 2. The highest BCUT2D eigenvalue weighted by molar-refractivity contribution is 6.30. The first-order chi connectivity index (χ1) is 16.0. The van der Waals surface area contributed by atoms with Crippen LogP contribution in [0.1, 0.15) is 41.7 Å². The summed E-state index contributed by atoms with van der Waals surface area (Å²) in [6.07, 6.45) is 2.72. The van der Waals surface area contributed by atoms with Crippen LogP contribution in [-0.4, -0.2) is 64.7 Å². The van der Waals surface area contributed by atoms with Crippen LogP contribution in [-0.2, 0) is 9.53 Å². The van der Waals surface area contributed by atoms with Gasteiger partial charge in [0, 0.05) is 62.5 Å². The molecule has 33 heavy (non-hydrogen) atoms. The second kappa shape index (κ2) is 10.2. The molecule has 2 amide bonds. The van der Waals surface area contributed by atoms with Gasteiger partial charge in [0.15, 0.2) is 5.65 Å². The van der Waals surface area contributed by atoms with Crippen LogP contribution in [0, 0.1) is 0 Å². The van der Waals surface area contributed by atoms with Gasteiger partial charge in [0.05, 0.1) is 11.9 Å². The van der Waals surface area contributed by atoms with Crippen molar-refractivity contribution in [1.29, 1.82) is 0 Å². The quantitative estimate of drug-likeness (QED) is 0.465. The molecule has 9 nitrogen and oxygen atoms in total. The van der Waals surface area contributed by atoms with Crippen molar-refractivity contribution in [1.82, 2.24) is 19.5 Å². The fourth-order valence-electron chi connectivity index (χ4n) is 3.92. The number of likely N-dealkylation sites (tertiary alicyclic amines) is 1. The lowest BCUT2D eigenvalue weighted by Crippen LogP contribution is -2.24. The van der Waals surface area contributed by atoms with Crippen LogP contribution in [0.25, 0.3) is 5.65 Å². The van der Waals surface area contributed by atoms with Gasteiger partial charge in [-0.15, -0.1) is 0 Å². The highest BCUT2D eigenvalue weighted by atomic mass is 35.5. The first-order valence-corrected chi connectivity index (χ1v) is 11.3. The molecule has 0 aliphatic carbocycles. The minimum atomic E-state index is -0.319. The van der Waals surface area contributed by atoms with E-state index < -0.39 is 0 Å². The van der Waals surface area contributed by atoms with Gasteiger partial charge in [-0.1, -0.05) is 11.6 Å². The maximum atomic E-state index is 13.0. The van der Waals surface area contributed by atoms with Crippen LogP contribution >= 0.6 is 11.6 Å². The number of ether oxygens (including phenoxy) is 1. The number of aromatic nitrogens is 3. The molecule has 174 valence electrons. The van der Waals surface area contributed by atoms with Crippen LogP contribution in [0.5, 0.6) is 0 Å². The summed E-state index contributed by atoms with van der Waals surface area (Å²) in [6, 6.07) is 8.81. The van der Waals surface area contributed by atoms with Crippen LogP contribution in [0.3, 0.4) is 0 Å². The van der Waals surface area contributed by atoms with Crippen molar-refractivity contribution in [2.24, 2.45) is 0 Å². The Balaban J connectivity index is 1.67. The Morgan fingerprint density at radius 3 is 2.79 bits per heavy atom. The lowest BCUT2D eigenvalue weighted by atomic mass is 10.0. The smallest absolute Gasteiger partial charge is 0.261 e. The predicted octanol–water partition coefficient (Wildman–Crippen LogP) is 3.42. The molecule has 0 spiro atoms. The molecule has 3 aromatic rings. The molecule has 1 aliphatic heterocycles. The Kier molecular flexibility index (Phi) is 7.10. The number of carbonyl (C=O) groups is 2. The van der Waals surface area contributed by atoms with E-state index in [4.69, 9.17) is 21.3 Å². The van der Waals surface area contributed by atoms with Crippen molar-refractivity contribution >= 4 is 40.6 Å². The summed E-state index contributed by atoms with van der Waals surface area (Å²) in [5.41, 5.74) is 2.18. The molecule has 1 aromatic carbocycles. The highest BCUT2D eigenvalue weighted by Gasteiger charge is 2.31. The molecule has 0 saturated carbocycles. The molecular formula is C23H27ClN6O3. The van der Waals surface area contributed by atoms with E-state index >= 15 is 0 Å². The van der Waals surface area contributed by atoms with Crippen molar-refractivity contribution in [2.45, 2.75) is 25.7 Å². The Bertz CT molecular complexity index is 1150. The molecule has 1 atom stereocenters. The Morgan fingerprint density at radius 2 is 2.09 bits per heavy atom. The first-order valence-electron chi connectivity index (χ1n) is 11.0. The van der Waals surface area contributed by atoms with Crippen LogP contribution < -0.4 is 10.6 Å². The molecule has 10 heteroatoms. The fourth-order valence-corrected chi connectivity index (χ4v) is 4.04. The van der Waals surface area contributed by atoms with E-state index in [1.54, 1.807) is 35.9 Å². The van der Waals surface area contributed by atoms with Gasteiger partial charge in [-0.3, -0.25) is 9.59 Å². The number of nitrogens with zero attached hydrogens (tertiary/aromatic N) is 4. The van der Waals surface area contributed by atoms with E-state index in [9.17, 15) is 9.59 Å². The zero-order valence-electron chi connectivity index (χ0n) is 18.7. The molecule has 0 radical (unpaired) electrons. The van der Waals surface area contributed by atoms with E-state index in [1.165, 1.54) is 6.20 Å². The third kappa shape index (κ3) is 5.09. The number of nitrogens with one attached hydrogen (secondary N) is 2. The fraction of sp³-hybridized carbons (Fsp3) is 0.391. The minimum absolute atomic E-state index is 0.0379. The molecule has 3 heterocycles. The van der Waals surface area contributed by atoms with Crippen molar-refractivity contribution < 1.29 is 14.3 Å². The van der Waals surface area contributed by atoms with Crippen LogP contribution in [0.4, 0.5) is 11.5 Å². The van der Waals surface area contributed by atoms with Crippen molar-refractivity contribution in [2.75, 3.05) is 44.0 Å². The number of carbonyl (C=O) groups excluding carboxylic acids is 2. The SMILES string of the molecule is CCN1C[C@H](c2cc(NCCCOC)n3ncc(C(=O)Nc4ccc(Cl)cc4)c3n2)CC1=O. The molecule has 1 saturated heterocycles. The molecule has 4 rings (SSSR count). The summed E-state index contributed by atoms with van der Waals surface area (Å²) in [7, 11) is 1.67. The molecule has 2 aromatic heterocycles. The third-order valence-electron chi connectivity index (χ3n) is 5.68. The van der Waals surface area contributed by atoms with Gasteiger partial charge in [-0.05, 0) is 37.6 Å². The summed E-state index contributed by atoms with van der Waals surface area (Å²) in [6.45, 7) is 4.55. The average Bonchev–Trinajstić information content (AvgIpc) is 3.41. The number of benzene rings is 1. The van der Waals surface area contributed by atoms with Gasteiger partial charge in [0.2, 0.25) is 5.91 Å². The number of anilines is 2. The Hall–Kier alpha value is -3.17. The summed E-state index contributed by atoms with van der Waals surface area (Å²) in [4.78, 5) is 31.9. The van der Waals surface area contributed by atoms with Crippen LogP contribution in [0.2, 0.25) is 5.02 Å². The second-order valence-electron chi connectivity index (χ2n) is 7.93. The highest BCUT2D eigenvalue weighted by Crippen LogP contribution is 2.29. The topological polar surface area (TPSA) is 101 Å². The van der Waals surface area contributed by atoms with Gasteiger partial charge in [-0.2, -0.15) is 9.61 Å². The first kappa shape index (κ1) is 23.0. The second-order valence-corrected chi connectivity index (χ2v) is 8.36. The molecule has 1 fully saturated rings. The minimum Gasteiger partial charge on any atom is -0.385 e. The number of methoxy groups -OCH3 is 1. The zero-order valence-corrected chi connectivity index (χ0v) is 19.4. The van der Waals surface area contributed by atoms with Crippen molar-refractivity contribution in [3.8, 4) is 0 Å². The van der Waals surface area contributed by atoms with E-state index in [1.807, 2.05) is 17.9 Å². The molecular weight excluding hydrogens is 444 g/mol. The monoisotopic (exact) mass is 470 g/mol. The van der Waals surface area contributed by atoms with Gasteiger partial charge < -0.3 is 20.3 Å². The largest absolute Gasteiger partial charge is 0.385 e. The standard InChI is InChI=1S/C23H27ClN6O3/c1-3-29-14-15(11-21(29)31)19-12-20(25-9-4-10-33-2)30-22(28-19)18(13-26-30)23(32)27-17-7-5-16(24)6-8-17/h5-8,12-13,15,25H,3-4,9-11,14H2,1-2H3,(H,27,32)/t15-/m1/s1. The number of rotatable bonds is 9. The molecule has 1 aliphatic rings. The normalized spacial score (nSPS) is 15.9. The average molecular weight is 471 g/mol. The number of hydrogen-bond donors (Lipinski definition) is 2. The van der Waals surface area contributed by atoms with Crippen molar-refractivity contribution in [3.63, 3.8) is 0 Å². The van der Waals surface area contributed by atoms with Gasteiger partial charge >= 0.3 is 0 Å². The summed E-state index contributed by atoms with van der Waals surface area (Å²) < 4.78 is 6.76. The van der Waals surface area contributed by atoms with Gasteiger partial charge in [0.1, 0.15) is 11.4 Å². The molecule has 0 unspecified atom stereocenters. The summed E-state index contributed by atoms with van der Waals surface area (Å²) >= 11 is 5.94. The lowest BCUT2D eigenvalue weighted by molar-refractivity contribution is -0.127.